The standard InChI is InChI=1S/C24H29N3O5/c1-30-19-5-6-21(31-2)18(14-19)15-22(28)27-9-7-17(16-27)23-20(4-3-8-25-23)24(29)26-10-12-32-13-11-26/h3-6,8,14,17H,7,9-13,15-16H2,1-2H3/t17-/m1/s1. The van der Waals surface area contributed by atoms with Crippen molar-refractivity contribution in [3.63, 3.8) is 0 Å². The molecule has 32 heavy (non-hydrogen) atoms. The van der Waals surface area contributed by atoms with Crippen LogP contribution in [0.2, 0.25) is 0 Å². The van der Waals surface area contributed by atoms with Gasteiger partial charge in [-0.3, -0.25) is 14.6 Å². The molecule has 4 rings (SSSR count). The number of hydrogen-bond acceptors (Lipinski definition) is 6. The van der Waals surface area contributed by atoms with Crippen LogP contribution < -0.4 is 9.47 Å². The summed E-state index contributed by atoms with van der Waals surface area (Å²) in [5.74, 6) is 1.40. The minimum absolute atomic E-state index is 0.0118. The van der Waals surface area contributed by atoms with E-state index in [2.05, 4.69) is 4.98 Å². The molecule has 0 bridgehead atoms. The van der Waals surface area contributed by atoms with Crippen molar-refractivity contribution in [3.8, 4) is 11.5 Å². The average molecular weight is 440 g/mol. The number of nitrogens with zero attached hydrogens (tertiary/aromatic N) is 3. The number of ether oxygens (including phenoxy) is 3. The second-order valence-corrected chi connectivity index (χ2v) is 8.02. The van der Waals surface area contributed by atoms with Crippen molar-refractivity contribution in [1.29, 1.82) is 0 Å². The van der Waals surface area contributed by atoms with Gasteiger partial charge in [-0.2, -0.15) is 0 Å². The smallest absolute Gasteiger partial charge is 0.255 e. The van der Waals surface area contributed by atoms with E-state index in [1.165, 1.54) is 0 Å². The van der Waals surface area contributed by atoms with Crippen molar-refractivity contribution in [2.75, 3.05) is 53.6 Å². The Labute approximate surface area is 188 Å². The second kappa shape index (κ2) is 9.99. The van der Waals surface area contributed by atoms with E-state index < -0.39 is 0 Å². The summed E-state index contributed by atoms with van der Waals surface area (Å²) in [4.78, 5) is 34.4. The predicted molar refractivity (Wildman–Crippen MR) is 118 cm³/mol. The van der Waals surface area contributed by atoms with Crippen LogP contribution in [0.3, 0.4) is 0 Å². The molecule has 1 aromatic carbocycles. The highest BCUT2D eigenvalue weighted by atomic mass is 16.5. The number of morpholine rings is 1. The summed E-state index contributed by atoms with van der Waals surface area (Å²) < 4.78 is 16.1. The third-order valence-electron chi connectivity index (χ3n) is 6.12. The molecule has 2 amide bonds. The number of rotatable bonds is 6. The Balaban J connectivity index is 1.46. The fraction of sp³-hybridized carbons (Fsp3) is 0.458. The number of methoxy groups -OCH3 is 2. The van der Waals surface area contributed by atoms with Crippen LogP contribution in [-0.2, 0) is 16.0 Å². The summed E-state index contributed by atoms with van der Waals surface area (Å²) in [5, 5.41) is 0. The van der Waals surface area contributed by atoms with E-state index in [0.29, 0.717) is 56.5 Å². The Morgan fingerprint density at radius 1 is 1.09 bits per heavy atom. The van der Waals surface area contributed by atoms with Crippen LogP contribution in [0.15, 0.2) is 36.5 Å². The van der Waals surface area contributed by atoms with Crippen molar-refractivity contribution in [1.82, 2.24) is 14.8 Å². The third kappa shape index (κ3) is 4.70. The monoisotopic (exact) mass is 439 g/mol. The van der Waals surface area contributed by atoms with E-state index in [-0.39, 0.29) is 24.2 Å². The van der Waals surface area contributed by atoms with Crippen LogP contribution in [0.1, 0.15) is 34.0 Å². The van der Waals surface area contributed by atoms with E-state index in [4.69, 9.17) is 14.2 Å². The van der Waals surface area contributed by atoms with Crippen LogP contribution in [0.25, 0.3) is 0 Å². The van der Waals surface area contributed by atoms with Crippen molar-refractivity contribution < 1.29 is 23.8 Å². The van der Waals surface area contributed by atoms with Crippen LogP contribution in [-0.4, -0.2) is 80.2 Å². The van der Waals surface area contributed by atoms with Gasteiger partial charge in [0.25, 0.3) is 5.91 Å². The quantitative estimate of drug-likeness (QED) is 0.686. The molecule has 3 heterocycles. The Bertz CT molecular complexity index is 974. The summed E-state index contributed by atoms with van der Waals surface area (Å²) >= 11 is 0. The van der Waals surface area contributed by atoms with E-state index in [1.54, 1.807) is 26.5 Å². The Morgan fingerprint density at radius 3 is 2.66 bits per heavy atom. The molecule has 170 valence electrons. The minimum atomic E-state index is -0.0118. The van der Waals surface area contributed by atoms with Crippen LogP contribution in [0.5, 0.6) is 11.5 Å². The molecule has 0 N–H and O–H groups in total. The van der Waals surface area contributed by atoms with Crippen molar-refractivity contribution in [2.24, 2.45) is 0 Å². The van der Waals surface area contributed by atoms with Crippen molar-refractivity contribution in [3.05, 3.63) is 53.3 Å². The molecule has 2 saturated heterocycles. The van der Waals surface area contributed by atoms with Gasteiger partial charge in [0.15, 0.2) is 0 Å². The lowest BCUT2D eigenvalue weighted by Gasteiger charge is -2.28. The highest BCUT2D eigenvalue weighted by Gasteiger charge is 2.32. The summed E-state index contributed by atoms with van der Waals surface area (Å²) in [5.41, 5.74) is 2.20. The van der Waals surface area contributed by atoms with Gasteiger partial charge in [0.05, 0.1) is 45.1 Å². The van der Waals surface area contributed by atoms with Gasteiger partial charge in [0, 0.05) is 43.9 Å². The Kier molecular flexibility index (Phi) is 6.90. The fourth-order valence-electron chi connectivity index (χ4n) is 4.37. The van der Waals surface area contributed by atoms with Gasteiger partial charge < -0.3 is 24.0 Å². The first-order chi connectivity index (χ1) is 15.6. The highest BCUT2D eigenvalue weighted by Crippen LogP contribution is 2.30. The summed E-state index contributed by atoms with van der Waals surface area (Å²) in [6, 6.07) is 9.09. The Morgan fingerprint density at radius 2 is 1.91 bits per heavy atom. The zero-order valence-electron chi connectivity index (χ0n) is 18.6. The maximum Gasteiger partial charge on any atom is 0.255 e. The normalized spacial score (nSPS) is 18.5. The molecule has 0 aliphatic carbocycles. The minimum Gasteiger partial charge on any atom is -0.497 e. The molecule has 2 aliphatic rings. The molecule has 0 radical (unpaired) electrons. The first-order valence-corrected chi connectivity index (χ1v) is 10.9. The molecular weight excluding hydrogens is 410 g/mol. The SMILES string of the molecule is COc1ccc(OC)c(CC(=O)N2CC[C@@H](c3ncccc3C(=O)N3CCOCC3)C2)c1. The lowest BCUT2D eigenvalue weighted by atomic mass is 9.98. The summed E-state index contributed by atoms with van der Waals surface area (Å²) in [6.07, 6.45) is 2.73. The number of carbonyl (C=O) groups is 2. The molecule has 8 nitrogen and oxygen atoms in total. The molecule has 0 spiro atoms. The second-order valence-electron chi connectivity index (χ2n) is 8.02. The number of benzene rings is 1. The largest absolute Gasteiger partial charge is 0.497 e. The maximum atomic E-state index is 13.1. The number of amides is 2. The van der Waals surface area contributed by atoms with E-state index in [9.17, 15) is 9.59 Å². The van der Waals surface area contributed by atoms with Gasteiger partial charge in [0.1, 0.15) is 11.5 Å². The molecule has 1 aromatic heterocycles. The first kappa shape index (κ1) is 22.1. The number of hydrogen-bond donors (Lipinski definition) is 0. The van der Waals surface area contributed by atoms with E-state index in [1.807, 2.05) is 34.1 Å². The van der Waals surface area contributed by atoms with Gasteiger partial charge in [-0.15, -0.1) is 0 Å². The van der Waals surface area contributed by atoms with E-state index >= 15 is 0 Å². The maximum absolute atomic E-state index is 13.1. The van der Waals surface area contributed by atoms with Gasteiger partial charge in [-0.1, -0.05) is 0 Å². The van der Waals surface area contributed by atoms with Crippen LogP contribution in [0, 0.1) is 0 Å². The van der Waals surface area contributed by atoms with E-state index in [0.717, 1.165) is 17.7 Å². The van der Waals surface area contributed by atoms with Crippen LogP contribution >= 0.6 is 0 Å². The zero-order chi connectivity index (χ0) is 22.5. The molecule has 0 saturated carbocycles. The van der Waals surface area contributed by atoms with Gasteiger partial charge in [0.2, 0.25) is 5.91 Å². The van der Waals surface area contributed by atoms with Gasteiger partial charge in [-0.25, -0.2) is 0 Å². The predicted octanol–water partition coefficient (Wildman–Crippen LogP) is 2.13. The van der Waals surface area contributed by atoms with Crippen LogP contribution in [0.4, 0.5) is 0 Å². The third-order valence-corrected chi connectivity index (χ3v) is 6.12. The topological polar surface area (TPSA) is 81.2 Å². The average Bonchev–Trinajstić information content (AvgIpc) is 3.34. The molecule has 1 atom stereocenters. The summed E-state index contributed by atoms with van der Waals surface area (Å²) in [7, 11) is 3.19. The number of likely N-dealkylation sites (tertiary alicyclic amines) is 1. The lowest BCUT2D eigenvalue weighted by Crippen LogP contribution is -2.41. The molecule has 2 aromatic rings. The van der Waals surface area contributed by atoms with Crippen molar-refractivity contribution in [2.45, 2.75) is 18.8 Å². The first-order valence-electron chi connectivity index (χ1n) is 10.9. The molecule has 2 aliphatic heterocycles. The Hall–Kier alpha value is -3.13. The molecule has 2 fully saturated rings. The number of aromatic nitrogens is 1. The lowest BCUT2D eigenvalue weighted by molar-refractivity contribution is -0.129. The molecular formula is C24H29N3O5. The number of pyridine rings is 1. The number of carbonyl (C=O) groups excluding carboxylic acids is 2. The fourth-order valence-corrected chi connectivity index (χ4v) is 4.37. The highest BCUT2D eigenvalue weighted by molar-refractivity contribution is 5.95. The molecule has 0 unspecified atom stereocenters. The van der Waals surface area contributed by atoms with Crippen molar-refractivity contribution >= 4 is 11.8 Å². The summed E-state index contributed by atoms with van der Waals surface area (Å²) in [6.45, 7) is 3.47. The van der Waals surface area contributed by atoms with Gasteiger partial charge in [-0.05, 0) is 36.8 Å². The zero-order valence-corrected chi connectivity index (χ0v) is 18.6. The molecule has 8 heteroatoms. The van der Waals surface area contributed by atoms with Gasteiger partial charge >= 0.3 is 0 Å².